The average Bonchev–Trinajstić information content (AvgIpc) is 2.46. The summed E-state index contributed by atoms with van der Waals surface area (Å²) in [6.45, 7) is 5.74. The van der Waals surface area contributed by atoms with Gasteiger partial charge in [-0.1, -0.05) is 12.1 Å². The lowest BCUT2D eigenvalue weighted by atomic mass is 10.2. The molecule has 1 heterocycles. The van der Waals surface area contributed by atoms with Crippen LogP contribution < -0.4 is 0 Å². The van der Waals surface area contributed by atoms with Gasteiger partial charge in [0.05, 0.1) is 0 Å². The zero-order valence-electron chi connectivity index (χ0n) is 11.8. The minimum atomic E-state index is 0.140. The fraction of sp³-hybridized carbons (Fsp3) is 0.533. The number of likely N-dealkylation sites (N-methyl/N-ethyl adjacent to an activating group) is 1. The molecule has 103 valence electrons. The van der Waals surface area contributed by atoms with Crippen LogP contribution in [0.5, 0.6) is 0 Å². The molecule has 1 aromatic carbocycles. The van der Waals surface area contributed by atoms with Crippen molar-refractivity contribution in [2.45, 2.75) is 0 Å². The van der Waals surface area contributed by atoms with Crippen LogP contribution in [0.3, 0.4) is 0 Å². The Labute approximate surface area is 115 Å². The largest absolute Gasteiger partial charge is 0.336 e. The maximum absolute atomic E-state index is 12.3. The number of carbonyl (C=O) groups is 1. The molecule has 1 radical (unpaired) electrons. The molecular weight excluding hydrogens is 238 g/mol. The van der Waals surface area contributed by atoms with Crippen LogP contribution in [0.25, 0.3) is 0 Å². The summed E-state index contributed by atoms with van der Waals surface area (Å²) in [4.78, 5) is 18.8. The molecule has 0 unspecified atom stereocenters. The predicted octanol–water partition coefficient (Wildman–Crippen LogP) is 0.806. The second-order valence-electron chi connectivity index (χ2n) is 5.23. The number of amides is 1. The summed E-state index contributed by atoms with van der Waals surface area (Å²) in [5.74, 6) is 0.140. The third kappa shape index (κ3) is 4.04. The van der Waals surface area contributed by atoms with Gasteiger partial charge in [0.2, 0.25) is 0 Å². The molecule has 1 aromatic rings. The van der Waals surface area contributed by atoms with E-state index in [1.54, 1.807) is 12.1 Å². The zero-order valence-corrected chi connectivity index (χ0v) is 11.8. The Morgan fingerprint density at radius 2 is 1.84 bits per heavy atom. The zero-order chi connectivity index (χ0) is 13.7. The monoisotopic (exact) mass is 260 g/mol. The molecule has 0 N–H and O–H groups in total. The van der Waals surface area contributed by atoms with Crippen LogP contribution in [-0.2, 0) is 0 Å². The number of benzene rings is 1. The highest BCUT2D eigenvalue weighted by Crippen LogP contribution is 2.08. The van der Waals surface area contributed by atoms with E-state index in [0.29, 0.717) is 0 Å². The summed E-state index contributed by atoms with van der Waals surface area (Å²) in [5, 5.41) is 0. The lowest BCUT2D eigenvalue weighted by Gasteiger charge is -2.35. The van der Waals surface area contributed by atoms with E-state index in [1.807, 2.05) is 17.0 Å². The molecule has 4 heteroatoms. The van der Waals surface area contributed by atoms with Crippen molar-refractivity contribution in [3.63, 3.8) is 0 Å². The second kappa shape index (κ2) is 6.68. The maximum atomic E-state index is 12.3. The number of hydrogen-bond acceptors (Lipinski definition) is 3. The fourth-order valence-corrected chi connectivity index (χ4v) is 2.23. The van der Waals surface area contributed by atoms with Gasteiger partial charge in [0.25, 0.3) is 5.91 Å². The van der Waals surface area contributed by atoms with E-state index in [-0.39, 0.29) is 5.91 Å². The number of nitrogens with zero attached hydrogens (tertiary/aromatic N) is 3. The number of carbonyl (C=O) groups excluding carboxylic acids is 1. The van der Waals surface area contributed by atoms with Crippen molar-refractivity contribution >= 4 is 5.91 Å². The first kappa shape index (κ1) is 14.0. The van der Waals surface area contributed by atoms with Gasteiger partial charge in [0.15, 0.2) is 0 Å². The molecule has 1 fully saturated rings. The standard InChI is InChI=1S/C15H22N3O/c1-16(2)8-9-17-10-12-18(13-11-17)15(19)14-6-4-3-5-7-14/h4-7H,8-13H2,1-2H3. The molecule has 2 rings (SSSR count). The van der Waals surface area contributed by atoms with Gasteiger partial charge in [-0.05, 0) is 32.3 Å². The molecule has 1 saturated heterocycles. The first-order chi connectivity index (χ1) is 9.16. The Hall–Kier alpha value is -1.39. The molecular formula is C15H22N3O. The quantitative estimate of drug-likeness (QED) is 0.801. The van der Waals surface area contributed by atoms with Gasteiger partial charge in [-0.25, -0.2) is 0 Å². The third-order valence-electron chi connectivity index (χ3n) is 3.49. The average molecular weight is 260 g/mol. The van der Waals surface area contributed by atoms with Crippen molar-refractivity contribution in [2.75, 3.05) is 53.4 Å². The highest BCUT2D eigenvalue weighted by atomic mass is 16.2. The minimum absolute atomic E-state index is 0.140. The van der Waals surface area contributed by atoms with Crippen LogP contribution in [0.4, 0.5) is 0 Å². The van der Waals surface area contributed by atoms with E-state index in [1.165, 1.54) is 0 Å². The van der Waals surface area contributed by atoms with E-state index in [0.717, 1.165) is 44.8 Å². The highest BCUT2D eigenvalue weighted by molar-refractivity contribution is 5.94. The van der Waals surface area contributed by atoms with Crippen molar-refractivity contribution in [1.29, 1.82) is 0 Å². The van der Waals surface area contributed by atoms with Crippen LogP contribution >= 0.6 is 0 Å². The van der Waals surface area contributed by atoms with E-state index >= 15 is 0 Å². The summed E-state index contributed by atoms with van der Waals surface area (Å²) in [7, 11) is 4.18. The van der Waals surface area contributed by atoms with Crippen molar-refractivity contribution in [3.8, 4) is 0 Å². The second-order valence-corrected chi connectivity index (χ2v) is 5.23. The maximum Gasteiger partial charge on any atom is 0.253 e. The summed E-state index contributed by atoms with van der Waals surface area (Å²) >= 11 is 0. The van der Waals surface area contributed by atoms with Crippen molar-refractivity contribution < 1.29 is 4.79 Å². The molecule has 0 bridgehead atoms. The minimum Gasteiger partial charge on any atom is -0.336 e. The molecule has 0 spiro atoms. The summed E-state index contributed by atoms with van der Waals surface area (Å²) in [6.07, 6.45) is 0. The highest BCUT2D eigenvalue weighted by Gasteiger charge is 2.21. The normalized spacial score (nSPS) is 16.9. The number of hydrogen-bond donors (Lipinski definition) is 0. The molecule has 0 aromatic heterocycles. The molecule has 1 aliphatic heterocycles. The van der Waals surface area contributed by atoms with Gasteiger partial charge >= 0.3 is 0 Å². The van der Waals surface area contributed by atoms with Crippen molar-refractivity contribution in [1.82, 2.24) is 14.7 Å². The van der Waals surface area contributed by atoms with Gasteiger partial charge in [-0.15, -0.1) is 0 Å². The Balaban J connectivity index is 1.81. The predicted molar refractivity (Wildman–Crippen MR) is 76.2 cm³/mol. The van der Waals surface area contributed by atoms with E-state index in [2.05, 4.69) is 30.0 Å². The molecule has 0 atom stereocenters. The van der Waals surface area contributed by atoms with E-state index in [9.17, 15) is 4.79 Å². The van der Waals surface area contributed by atoms with Gasteiger partial charge in [-0.3, -0.25) is 9.69 Å². The van der Waals surface area contributed by atoms with Crippen molar-refractivity contribution in [2.24, 2.45) is 0 Å². The Morgan fingerprint density at radius 1 is 1.21 bits per heavy atom. The number of piperazine rings is 1. The Morgan fingerprint density at radius 3 is 2.42 bits per heavy atom. The lowest BCUT2D eigenvalue weighted by molar-refractivity contribution is 0.0630. The molecule has 1 amide bonds. The van der Waals surface area contributed by atoms with Gasteiger partial charge in [-0.2, -0.15) is 0 Å². The number of rotatable bonds is 4. The van der Waals surface area contributed by atoms with Crippen LogP contribution in [-0.4, -0.2) is 74.0 Å². The fourth-order valence-electron chi connectivity index (χ4n) is 2.23. The van der Waals surface area contributed by atoms with E-state index < -0.39 is 0 Å². The smallest absolute Gasteiger partial charge is 0.253 e. The Bertz CT molecular complexity index is 397. The molecule has 4 nitrogen and oxygen atoms in total. The molecule has 0 saturated carbocycles. The lowest BCUT2D eigenvalue weighted by Crippen LogP contribution is -2.49. The molecule has 1 aliphatic rings. The summed E-state index contributed by atoms with van der Waals surface area (Å²) < 4.78 is 0. The summed E-state index contributed by atoms with van der Waals surface area (Å²) in [5.41, 5.74) is 0.764. The third-order valence-corrected chi connectivity index (χ3v) is 3.49. The summed E-state index contributed by atoms with van der Waals surface area (Å²) in [6, 6.07) is 10.2. The Kier molecular flexibility index (Phi) is 4.93. The SMILES string of the molecule is CN(C)CCN1CCN(C(=O)c2cc[c]cc2)CC1. The van der Waals surface area contributed by atoms with Crippen LogP contribution in [0, 0.1) is 6.07 Å². The topological polar surface area (TPSA) is 26.8 Å². The first-order valence-corrected chi connectivity index (χ1v) is 6.79. The van der Waals surface area contributed by atoms with Crippen LogP contribution in [0.15, 0.2) is 24.3 Å². The van der Waals surface area contributed by atoms with E-state index in [4.69, 9.17) is 0 Å². The van der Waals surface area contributed by atoms with Crippen LogP contribution in [0.1, 0.15) is 10.4 Å². The van der Waals surface area contributed by atoms with Gasteiger partial charge in [0.1, 0.15) is 0 Å². The molecule has 0 aliphatic carbocycles. The van der Waals surface area contributed by atoms with Crippen molar-refractivity contribution in [3.05, 3.63) is 35.9 Å². The van der Waals surface area contributed by atoms with Gasteiger partial charge in [0, 0.05) is 44.8 Å². The first-order valence-electron chi connectivity index (χ1n) is 6.79. The molecule has 19 heavy (non-hydrogen) atoms. The van der Waals surface area contributed by atoms with Gasteiger partial charge < -0.3 is 9.80 Å². The van der Waals surface area contributed by atoms with Crippen LogP contribution in [0.2, 0.25) is 0 Å².